The minimum atomic E-state index is 0. The standard InChI is InChI=1S/C16H32N4.HI/c1-16(2)8-13-20(14-16)15(17-3)18-9-4-5-10-19-11-6-7-12-19;/h4-14H2,1-3H3,(H,17,18);1H. The number of hydrogen-bond donors (Lipinski definition) is 1. The number of nitrogens with zero attached hydrogens (tertiary/aromatic N) is 3. The molecule has 4 nitrogen and oxygen atoms in total. The maximum absolute atomic E-state index is 4.43. The average Bonchev–Trinajstić information content (AvgIpc) is 3.03. The first-order chi connectivity index (χ1) is 9.61. The van der Waals surface area contributed by atoms with Crippen LogP contribution in [-0.2, 0) is 0 Å². The van der Waals surface area contributed by atoms with Crippen LogP contribution in [0.4, 0.5) is 0 Å². The topological polar surface area (TPSA) is 30.9 Å². The third-order valence-corrected chi connectivity index (χ3v) is 4.57. The zero-order chi connectivity index (χ0) is 14.4. The maximum atomic E-state index is 4.43. The minimum Gasteiger partial charge on any atom is -0.356 e. The summed E-state index contributed by atoms with van der Waals surface area (Å²) in [6.07, 6.45) is 6.61. The lowest BCUT2D eigenvalue weighted by Crippen LogP contribution is -2.41. The van der Waals surface area contributed by atoms with Gasteiger partial charge in [-0.05, 0) is 57.2 Å². The predicted molar refractivity (Wildman–Crippen MR) is 102 cm³/mol. The number of unbranched alkanes of at least 4 members (excludes halogenated alkanes) is 1. The number of nitrogens with one attached hydrogen (secondary N) is 1. The molecule has 0 aromatic carbocycles. The van der Waals surface area contributed by atoms with E-state index in [2.05, 4.69) is 34.0 Å². The Morgan fingerprint density at radius 2 is 1.86 bits per heavy atom. The Morgan fingerprint density at radius 3 is 2.43 bits per heavy atom. The SMILES string of the molecule is CN=C(NCCCCN1CCCC1)N1CCC(C)(C)C1.I. The summed E-state index contributed by atoms with van der Waals surface area (Å²) in [5.41, 5.74) is 0.438. The molecule has 0 unspecified atom stereocenters. The molecule has 0 radical (unpaired) electrons. The number of guanidine groups is 1. The summed E-state index contributed by atoms with van der Waals surface area (Å²) in [7, 11) is 1.90. The van der Waals surface area contributed by atoms with Crippen LogP contribution in [-0.4, -0.2) is 62.1 Å². The summed E-state index contributed by atoms with van der Waals surface area (Å²) < 4.78 is 0. The minimum absolute atomic E-state index is 0. The Bertz CT molecular complexity index is 324. The fourth-order valence-corrected chi connectivity index (χ4v) is 3.29. The molecule has 0 amide bonds. The third-order valence-electron chi connectivity index (χ3n) is 4.57. The van der Waals surface area contributed by atoms with Gasteiger partial charge >= 0.3 is 0 Å². The molecule has 2 rings (SSSR count). The number of hydrogen-bond acceptors (Lipinski definition) is 2. The molecule has 0 aromatic rings. The second-order valence-electron chi connectivity index (χ2n) is 7.07. The first-order valence-electron chi connectivity index (χ1n) is 8.29. The second kappa shape index (κ2) is 9.18. The highest BCUT2D eigenvalue weighted by atomic mass is 127. The molecule has 2 saturated heterocycles. The highest BCUT2D eigenvalue weighted by molar-refractivity contribution is 14.0. The van der Waals surface area contributed by atoms with Crippen molar-refractivity contribution in [3.63, 3.8) is 0 Å². The average molecular weight is 408 g/mol. The Balaban J connectivity index is 0.00000220. The molecule has 2 fully saturated rings. The summed E-state index contributed by atoms with van der Waals surface area (Å²) in [6, 6.07) is 0. The van der Waals surface area contributed by atoms with Crippen LogP contribution in [0.15, 0.2) is 4.99 Å². The van der Waals surface area contributed by atoms with E-state index in [1.807, 2.05) is 7.05 Å². The van der Waals surface area contributed by atoms with E-state index in [0.29, 0.717) is 5.41 Å². The lowest BCUT2D eigenvalue weighted by Gasteiger charge is -2.23. The number of likely N-dealkylation sites (tertiary alicyclic amines) is 2. The van der Waals surface area contributed by atoms with Crippen molar-refractivity contribution in [2.24, 2.45) is 10.4 Å². The molecule has 21 heavy (non-hydrogen) atoms. The van der Waals surface area contributed by atoms with Crippen molar-refractivity contribution in [1.82, 2.24) is 15.1 Å². The highest BCUT2D eigenvalue weighted by Gasteiger charge is 2.30. The van der Waals surface area contributed by atoms with E-state index < -0.39 is 0 Å². The van der Waals surface area contributed by atoms with Crippen LogP contribution in [0.25, 0.3) is 0 Å². The normalized spacial score (nSPS) is 22.4. The van der Waals surface area contributed by atoms with Crippen molar-refractivity contribution in [3.8, 4) is 0 Å². The van der Waals surface area contributed by atoms with Gasteiger partial charge in [0.25, 0.3) is 0 Å². The zero-order valence-electron chi connectivity index (χ0n) is 14.0. The van der Waals surface area contributed by atoms with Gasteiger partial charge in [-0.25, -0.2) is 0 Å². The molecule has 0 spiro atoms. The van der Waals surface area contributed by atoms with Crippen molar-refractivity contribution in [3.05, 3.63) is 0 Å². The molecule has 1 N–H and O–H groups in total. The molecule has 0 atom stereocenters. The third kappa shape index (κ3) is 6.30. The van der Waals surface area contributed by atoms with E-state index >= 15 is 0 Å². The van der Waals surface area contributed by atoms with Crippen LogP contribution in [0, 0.1) is 5.41 Å². The van der Waals surface area contributed by atoms with Gasteiger partial charge in [0, 0.05) is 26.7 Å². The predicted octanol–water partition coefficient (Wildman–Crippen LogP) is 2.79. The summed E-state index contributed by atoms with van der Waals surface area (Å²) >= 11 is 0. The quantitative estimate of drug-likeness (QED) is 0.329. The van der Waals surface area contributed by atoms with E-state index in [9.17, 15) is 0 Å². The number of halogens is 1. The fraction of sp³-hybridized carbons (Fsp3) is 0.938. The molecule has 2 heterocycles. The van der Waals surface area contributed by atoms with Gasteiger partial charge in [-0.2, -0.15) is 0 Å². The van der Waals surface area contributed by atoms with Gasteiger partial charge in [0.05, 0.1) is 0 Å². The van der Waals surface area contributed by atoms with Gasteiger partial charge in [0.1, 0.15) is 0 Å². The Hall–Kier alpha value is -0.0400. The Labute approximate surface area is 147 Å². The molecule has 0 saturated carbocycles. The van der Waals surface area contributed by atoms with Crippen LogP contribution >= 0.6 is 24.0 Å². The van der Waals surface area contributed by atoms with Crippen molar-refractivity contribution in [2.75, 3.05) is 46.3 Å². The first kappa shape index (κ1) is 19.0. The van der Waals surface area contributed by atoms with Crippen molar-refractivity contribution in [1.29, 1.82) is 0 Å². The maximum Gasteiger partial charge on any atom is 0.193 e. The van der Waals surface area contributed by atoms with Crippen molar-refractivity contribution < 1.29 is 0 Å². The van der Waals surface area contributed by atoms with E-state index in [-0.39, 0.29) is 24.0 Å². The molecule has 0 bridgehead atoms. The number of aliphatic imine (C=N–C) groups is 1. The summed E-state index contributed by atoms with van der Waals surface area (Å²) in [6.45, 7) is 11.9. The molecule has 0 aliphatic carbocycles. The van der Waals surface area contributed by atoms with Crippen LogP contribution < -0.4 is 5.32 Å². The monoisotopic (exact) mass is 408 g/mol. The van der Waals surface area contributed by atoms with Gasteiger partial charge in [-0.3, -0.25) is 4.99 Å². The molecule has 5 heteroatoms. The van der Waals surface area contributed by atoms with Crippen LogP contribution in [0.3, 0.4) is 0 Å². The van der Waals surface area contributed by atoms with Gasteiger partial charge < -0.3 is 15.1 Å². The van der Waals surface area contributed by atoms with E-state index in [4.69, 9.17) is 0 Å². The first-order valence-corrected chi connectivity index (χ1v) is 8.29. The van der Waals surface area contributed by atoms with Gasteiger partial charge in [0.2, 0.25) is 0 Å². The molecule has 124 valence electrons. The largest absolute Gasteiger partial charge is 0.356 e. The molecule has 0 aromatic heterocycles. The van der Waals surface area contributed by atoms with E-state index in [1.165, 1.54) is 51.7 Å². The Morgan fingerprint density at radius 1 is 1.14 bits per heavy atom. The van der Waals surface area contributed by atoms with E-state index in [0.717, 1.165) is 25.6 Å². The fourth-order valence-electron chi connectivity index (χ4n) is 3.29. The summed E-state index contributed by atoms with van der Waals surface area (Å²) in [4.78, 5) is 9.43. The van der Waals surface area contributed by atoms with Crippen LogP contribution in [0.5, 0.6) is 0 Å². The van der Waals surface area contributed by atoms with E-state index in [1.54, 1.807) is 0 Å². The second-order valence-corrected chi connectivity index (χ2v) is 7.07. The molecule has 2 aliphatic heterocycles. The molecular weight excluding hydrogens is 375 g/mol. The van der Waals surface area contributed by atoms with Gasteiger partial charge in [0.15, 0.2) is 5.96 Å². The molecule has 2 aliphatic rings. The molecular formula is C16H33IN4. The lowest BCUT2D eigenvalue weighted by atomic mass is 9.93. The summed E-state index contributed by atoms with van der Waals surface area (Å²) in [5.74, 6) is 1.09. The van der Waals surface area contributed by atoms with Gasteiger partial charge in [-0.1, -0.05) is 13.8 Å². The van der Waals surface area contributed by atoms with Crippen LogP contribution in [0.2, 0.25) is 0 Å². The Kier molecular flexibility index (Phi) is 8.31. The smallest absolute Gasteiger partial charge is 0.193 e. The van der Waals surface area contributed by atoms with Crippen LogP contribution in [0.1, 0.15) is 46.0 Å². The summed E-state index contributed by atoms with van der Waals surface area (Å²) in [5, 5.41) is 3.53. The lowest BCUT2D eigenvalue weighted by molar-refractivity contribution is 0.329. The zero-order valence-corrected chi connectivity index (χ0v) is 16.4. The van der Waals surface area contributed by atoms with Gasteiger partial charge in [-0.15, -0.1) is 24.0 Å². The van der Waals surface area contributed by atoms with Crippen molar-refractivity contribution in [2.45, 2.75) is 46.0 Å². The highest BCUT2D eigenvalue weighted by Crippen LogP contribution is 2.28. The number of rotatable bonds is 5. The van der Waals surface area contributed by atoms with Crippen molar-refractivity contribution >= 4 is 29.9 Å².